The van der Waals surface area contributed by atoms with Crippen molar-refractivity contribution in [3.63, 3.8) is 0 Å². The van der Waals surface area contributed by atoms with Crippen LogP contribution in [-0.4, -0.2) is 20.5 Å². The predicted octanol–water partition coefficient (Wildman–Crippen LogP) is 2.66. The number of fused-ring (bicyclic) bond motifs is 1. The van der Waals surface area contributed by atoms with Crippen LogP contribution in [0.15, 0.2) is 24.4 Å². The average molecular weight is 253 g/mol. The fourth-order valence-electron chi connectivity index (χ4n) is 2.86. The van der Waals surface area contributed by atoms with Crippen molar-refractivity contribution in [1.82, 2.24) is 14.8 Å². The van der Waals surface area contributed by atoms with Crippen LogP contribution in [0.4, 0.5) is 0 Å². The van der Waals surface area contributed by atoms with E-state index in [0.29, 0.717) is 12.3 Å². The maximum Gasteiger partial charge on any atom is 0.166 e. The van der Waals surface area contributed by atoms with E-state index in [-0.39, 0.29) is 5.78 Å². The van der Waals surface area contributed by atoms with Crippen LogP contribution in [0.5, 0.6) is 0 Å². The third kappa shape index (κ3) is 1.70. The molecule has 19 heavy (non-hydrogen) atoms. The third-order valence-corrected chi connectivity index (χ3v) is 3.93. The van der Waals surface area contributed by atoms with E-state index in [1.165, 1.54) is 12.8 Å². The molecule has 1 fully saturated rings. The molecule has 4 rings (SSSR count). The SMILES string of the molecule is O=C1CCCc2c1c(C1CC1)nn2-c1ccccn1. The van der Waals surface area contributed by atoms with Crippen molar-refractivity contribution in [2.75, 3.05) is 0 Å². The normalized spacial score (nSPS) is 18.4. The van der Waals surface area contributed by atoms with Gasteiger partial charge in [0.2, 0.25) is 0 Å². The molecule has 0 aromatic carbocycles. The molecule has 0 atom stereocenters. The van der Waals surface area contributed by atoms with Gasteiger partial charge in [-0.3, -0.25) is 4.79 Å². The Morgan fingerprint density at radius 3 is 2.84 bits per heavy atom. The zero-order valence-corrected chi connectivity index (χ0v) is 10.7. The zero-order valence-electron chi connectivity index (χ0n) is 10.7. The molecule has 2 aliphatic carbocycles. The highest BCUT2D eigenvalue weighted by Crippen LogP contribution is 2.43. The largest absolute Gasteiger partial charge is 0.294 e. The number of hydrogen-bond donors (Lipinski definition) is 0. The first-order valence-corrected chi connectivity index (χ1v) is 6.91. The Hall–Kier alpha value is -1.97. The van der Waals surface area contributed by atoms with Gasteiger partial charge in [-0.1, -0.05) is 6.07 Å². The van der Waals surface area contributed by atoms with E-state index in [1.807, 2.05) is 22.9 Å². The van der Waals surface area contributed by atoms with Gasteiger partial charge in [0, 0.05) is 18.5 Å². The van der Waals surface area contributed by atoms with Crippen LogP contribution in [0, 0.1) is 0 Å². The van der Waals surface area contributed by atoms with E-state index >= 15 is 0 Å². The van der Waals surface area contributed by atoms with Gasteiger partial charge in [0.25, 0.3) is 0 Å². The van der Waals surface area contributed by atoms with E-state index in [2.05, 4.69) is 4.98 Å². The standard InChI is InChI=1S/C15H15N3O/c19-12-5-3-4-11-14(12)15(10-7-8-10)17-18(11)13-6-1-2-9-16-13/h1-2,6,9-10H,3-5,7-8H2. The van der Waals surface area contributed by atoms with Crippen molar-refractivity contribution in [2.24, 2.45) is 0 Å². The summed E-state index contributed by atoms with van der Waals surface area (Å²) in [6.45, 7) is 0. The molecule has 2 aromatic rings. The van der Waals surface area contributed by atoms with E-state index in [0.717, 1.165) is 35.6 Å². The fraction of sp³-hybridized carbons (Fsp3) is 0.400. The van der Waals surface area contributed by atoms with Gasteiger partial charge in [-0.15, -0.1) is 0 Å². The summed E-state index contributed by atoms with van der Waals surface area (Å²) in [4.78, 5) is 16.6. The van der Waals surface area contributed by atoms with Crippen LogP contribution in [0.2, 0.25) is 0 Å². The van der Waals surface area contributed by atoms with Crippen LogP contribution in [-0.2, 0) is 6.42 Å². The lowest BCUT2D eigenvalue weighted by molar-refractivity contribution is 0.0971. The van der Waals surface area contributed by atoms with Crippen molar-refractivity contribution < 1.29 is 4.79 Å². The summed E-state index contributed by atoms with van der Waals surface area (Å²) >= 11 is 0. The number of rotatable bonds is 2. The molecule has 2 aromatic heterocycles. The van der Waals surface area contributed by atoms with Crippen LogP contribution in [0.3, 0.4) is 0 Å². The molecule has 2 aliphatic rings. The van der Waals surface area contributed by atoms with Gasteiger partial charge in [0.15, 0.2) is 11.6 Å². The monoisotopic (exact) mass is 253 g/mol. The van der Waals surface area contributed by atoms with Crippen LogP contribution < -0.4 is 0 Å². The number of hydrogen-bond acceptors (Lipinski definition) is 3. The first-order valence-electron chi connectivity index (χ1n) is 6.91. The van der Waals surface area contributed by atoms with Crippen molar-refractivity contribution in [3.05, 3.63) is 41.3 Å². The van der Waals surface area contributed by atoms with Gasteiger partial charge in [0.05, 0.1) is 17.0 Å². The summed E-state index contributed by atoms with van der Waals surface area (Å²) in [6.07, 6.45) is 6.62. The fourth-order valence-corrected chi connectivity index (χ4v) is 2.86. The first kappa shape index (κ1) is 10.9. The molecular weight excluding hydrogens is 238 g/mol. The molecule has 96 valence electrons. The highest BCUT2D eigenvalue weighted by Gasteiger charge is 2.35. The van der Waals surface area contributed by atoms with Gasteiger partial charge in [-0.25, -0.2) is 9.67 Å². The molecule has 1 saturated carbocycles. The maximum atomic E-state index is 12.2. The summed E-state index contributed by atoms with van der Waals surface area (Å²) in [6, 6.07) is 5.80. The Kier molecular flexibility index (Phi) is 2.31. The Labute approximate surface area is 111 Å². The lowest BCUT2D eigenvalue weighted by Gasteiger charge is -2.12. The quantitative estimate of drug-likeness (QED) is 0.826. The molecule has 0 unspecified atom stereocenters. The molecule has 0 radical (unpaired) electrons. The van der Waals surface area contributed by atoms with Crippen molar-refractivity contribution in [1.29, 1.82) is 0 Å². The van der Waals surface area contributed by atoms with Gasteiger partial charge in [0.1, 0.15) is 0 Å². The highest BCUT2D eigenvalue weighted by atomic mass is 16.1. The second-order valence-electron chi connectivity index (χ2n) is 5.36. The highest BCUT2D eigenvalue weighted by molar-refractivity contribution is 5.99. The lowest BCUT2D eigenvalue weighted by Crippen LogP contribution is -2.13. The predicted molar refractivity (Wildman–Crippen MR) is 70.6 cm³/mol. The first-order chi connectivity index (χ1) is 9.34. The molecular formula is C15H15N3O. The smallest absolute Gasteiger partial charge is 0.166 e. The van der Waals surface area contributed by atoms with E-state index in [4.69, 9.17) is 5.10 Å². The van der Waals surface area contributed by atoms with Crippen LogP contribution in [0.1, 0.15) is 53.3 Å². The molecule has 0 bridgehead atoms. The Morgan fingerprint density at radius 2 is 2.11 bits per heavy atom. The molecule has 0 N–H and O–H groups in total. The topological polar surface area (TPSA) is 47.8 Å². The number of carbonyl (C=O) groups is 1. The molecule has 0 saturated heterocycles. The number of Topliss-reactive ketones (excluding diaryl/α,β-unsaturated/α-hetero) is 1. The molecule has 4 nitrogen and oxygen atoms in total. The Bertz CT molecular complexity index is 641. The minimum absolute atomic E-state index is 0.269. The number of carbonyl (C=O) groups excluding carboxylic acids is 1. The summed E-state index contributed by atoms with van der Waals surface area (Å²) in [7, 11) is 0. The van der Waals surface area contributed by atoms with Crippen molar-refractivity contribution in [2.45, 2.75) is 38.0 Å². The summed E-state index contributed by atoms with van der Waals surface area (Å²) in [5, 5.41) is 4.71. The molecule has 4 heteroatoms. The number of nitrogens with zero attached hydrogens (tertiary/aromatic N) is 3. The lowest BCUT2D eigenvalue weighted by atomic mass is 9.93. The molecule has 0 spiro atoms. The number of pyridine rings is 1. The molecule has 2 heterocycles. The van der Waals surface area contributed by atoms with E-state index < -0.39 is 0 Å². The Morgan fingerprint density at radius 1 is 1.21 bits per heavy atom. The van der Waals surface area contributed by atoms with Gasteiger partial charge < -0.3 is 0 Å². The summed E-state index contributed by atoms with van der Waals surface area (Å²) in [5.74, 6) is 1.59. The molecule has 0 aliphatic heterocycles. The third-order valence-electron chi connectivity index (χ3n) is 3.93. The zero-order chi connectivity index (χ0) is 12.8. The summed E-state index contributed by atoms with van der Waals surface area (Å²) < 4.78 is 1.89. The second kappa shape index (κ2) is 4.02. The second-order valence-corrected chi connectivity index (χ2v) is 5.36. The van der Waals surface area contributed by atoms with Crippen LogP contribution in [0.25, 0.3) is 5.82 Å². The minimum atomic E-state index is 0.269. The van der Waals surface area contributed by atoms with Gasteiger partial charge >= 0.3 is 0 Å². The summed E-state index contributed by atoms with van der Waals surface area (Å²) in [5.41, 5.74) is 2.99. The Balaban J connectivity index is 1.92. The van der Waals surface area contributed by atoms with Crippen molar-refractivity contribution >= 4 is 5.78 Å². The van der Waals surface area contributed by atoms with E-state index in [1.54, 1.807) is 6.20 Å². The van der Waals surface area contributed by atoms with Crippen molar-refractivity contribution in [3.8, 4) is 5.82 Å². The van der Waals surface area contributed by atoms with Crippen LogP contribution >= 0.6 is 0 Å². The number of ketones is 1. The molecule has 0 amide bonds. The minimum Gasteiger partial charge on any atom is -0.294 e. The van der Waals surface area contributed by atoms with Gasteiger partial charge in [-0.05, 0) is 37.8 Å². The average Bonchev–Trinajstić information content (AvgIpc) is 3.21. The maximum absolute atomic E-state index is 12.2. The van der Waals surface area contributed by atoms with E-state index in [9.17, 15) is 4.79 Å². The van der Waals surface area contributed by atoms with Gasteiger partial charge in [-0.2, -0.15) is 5.10 Å². The number of aromatic nitrogens is 3.